The first-order valence-corrected chi connectivity index (χ1v) is 4.58. The number of hydrogen-bond acceptors (Lipinski definition) is 6. The van der Waals surface area contributed by atoms with Gasteiger partial charge in [0, 0.05) is 0 Å². The van der Waals surface area contributed by atoms with Gasteiger partial charge in [0.1, 0.15) is 5.82 Å². The highest BCUT2D eigenvalue weighted by Crippen LogP contribution is 2.06. The van der Waals surface area contributed by atoms with Crippen molar-refractivity contribution in [1.82, 2.24) is 30.4 Å². The van der Waals surface area contributed by atoms with E-state index in [1.807, 2.05) is 0 Å². The molecule has 0 aromatic carbocycles. The molecule has 0 aliphatic heterocycles. The topological polar surface area (TPSA) is 81.4 Å². The summed E-state index contributed by atoms with van der Waals surface area (Å²) >= 11 is 5.59. The Morgan fingerprint density at radius 1 is 1.33 bits per heavy atom. The van der Waals surface area contributed by atoms with E-state index in [0.717, 1.165) is 0 Å². The van der Waals surface area contributed by atoms with Crippen molar-refractivity contribution in [2.45, 2.75) is 6.54 Å². The number of tetrazole rings is 1. The molecule has 2 aromatic rings. The maximum absolute atomic E-state index is 5.59. The zero-order valence-corrected chi connectivity index (χ0v) is 8.68. The summed E-state index contributed by atoms with van der Waals surface area (Å²) in [6, 6.07) is 3.38. The number of anilines is 1. The van der Waals surface area contributed by atoms with Crippen molar-refractivity contribution < 1.29 is 0 Å². The van der Waals surface area contributed by atoms with E-state index in [1.165, 1.54) is 4.80 Å². The van der Waals surface area contributed by atoms with Gasteiger partial charge >= 0.3 is 0 Å². The molecule has 0 aliphatic rings. The molecule has 78 valence electrons. The fraction of sp³-hybridized carbons (Fsp3) is 0.286. The quantitative estimate of drug-likeness (QED) is 0.807. The number of nitrogens with one attached hydrogen (secondary N) is 1. The van der Waals surface area contributed by atoms with Crippen LogP contribution in [0.2, 0.25) is 5.15 Å². The van der Waals surface area contributed by atoms with Gasteiger partial charge in [-0.3, -0.25) is 0 Å². The predicted octanol–water partition coefficient (Wildman–Crippen LogP) is 0.266. The average Bonchev–Trinajstić information content (AvgIpc) is 2.64. The minimum atomic E-state index is 0.359. The summed E-state index contributed by atoms with van der Waals surface area (Å²) in [7, 11) is 1.71. The molecular weight excluding hydrogens is 218 g/mol. The zero-order chi connectivity index (χ0) is 10.7. The van der Waals surface area contributed by atoms with E-state index in [4.69, 9.17) is 11.6 Å². The van der Waals surface area contributed by atoms with Crippen LogP contribution >= 0.6 is 11.6 Å². The van der Waals surface area contributed by atoms with E-state index in [0.29, 0.717) is 23.3 Å². The number of hydrogen-bond donors (Lipinski definition) is 1. The lowest BCUT2D eigenvalue weighted by molar-refractivity contribution is 0.628. The Labute approximate surface area is 90.5 Å². The van der Waals surface area contributed by atoms with Gasteiger partial charge in [-0.1, -0.05) is 11.6 Å². The standard InChI is InChI=1S/C7H8ClN7/c1-15-13-7(12-14-15)4-9-6-3-2-5(8)10-11-6/h2-3H,4H2,1H3,(H,9,11). The Morgan fingerprint density at radius 2 is 2.20 bits per heavy atom. The highest BCUT2D eigenvalue weighted by atomic mass is 35.5. The maximum Gasteiger partial charge on any atom is 0.193 e. The number of aryl methyl sites for hydroxylation is 1. The van der Waals surface area contributed by atoms with Crippen LogP contribution in [0.5, 0.6) is 0 Å². The largest absolute Gasteiger partial charge is 0.361 e. The van der Waals surface area contributed by atoms with Crippen molar-refractivity contribution in [3.05, 3.63) is 23.1 Å². The van der Waals surface area contributed by atoms with Gasteiger partial charge in [0.25, 0.3) is 0 Å². The monoisotopic (exact) mass is 225 g/mol. The van der Waals surface area contributed by atoms with Crippen LogP contribution in [0.3, 0.4) is 0 Å². The fourth-order valence-corrected chi connectivity index (χ4v) is 1.07. The second-order valence-corrected chi connectivity index (χ2v) is 3.18. The summed E-state index contributed by atoms with van der Waals surface area (Å²) in [5.74, 6) is 1.21. The molecule has 0 amide bonds. The number of rotatable bonds is 3. The third kappa shape index (κ3) is 2.59. The molecule has 0 bridgehead atoms. The average molecular weight is 226 g/mol. The summed E-state index contributed by atoms with van der Waals surface area (Å²) in [6.07, 6.45) is 0. The van der Waals surface area contributed by atoms with Crippen LogP contribution in [-0.4, -0.2) is 30.4 Å². The highest BCUT2D eigenvalue weighted by molar-refractivity contribution is 6.29. The van der Waals surface area contributed by atoms with Crippen LogP contribution in [0.15, 0.2) is 12.1 Å². The Morgan fingerprint density at radius 3 is 2.80 bits per heavy atom. The summed E-state index contributed by atoms with van der Waals surface area (Å²) in [5.41, 5.74) is 0. The molecule has 0 saturated heterocycles. The molecule has 1 N–H and O–H groups in total. The lowest BCUT2D eigenvalue weighted by Crippen LogP contribution is -2.04. The van der Waals surface area contributed by atoms with E-state index in [1.54, 1.807) is 19.2 Å². The molecule has 0 saturated carbocycles. The molecule has 7 nitrogen and oxygen atoms in total. The Balaban J connectivity index is 1.96. The van der Waals surface area contributed by atoms with Gasteiger partial charge in [0.2, 0.25) is 0 Å². The first-order chi connectivity index (χ1) is 7.24. The molecule has 15 heavy (non-hydrogen) atoms. The number of aromatic nitrogens is 6. The van der Waals surface area contributed by atoms with Crippen molar-refractivity contribution in [3.8, 4) is 0 Å². The second-order valence-electron chi connectivity index (χ2n) is 2.79. The first-order valence-electron chi connectivity index (χ1n) is 4.20. The molecule has 0 spiro atoms. The normalized spacial score (nSPS) is 10.3. The molecule has 0 radical (unpaired) electrons. The molecule has 2 aromatic heterocycles. The smallest absolute Gasteiger partial charge is 0.193 e. The summed E-state index contributed by atoms with van der Waals surface area (Å²) in [4.78, 5) is 1.39. The van der Waals surface area contributed by atoms with Gasteiger partial charge < -0.3 is 5.32 Å². The fourth-order valence-electron chi connectivity index (χ4n) is 0.974. The first kappa shape index (κ1) is 9.78. The van der Waals surface area contributed by atoms with E-state index in [-0.39, 0.29) is 0 Å². The SMILES string of the molecule is Cn1nnc(CNc2ccc(Cl)nn2)n1. The third-order valence-corrected chi connectivity index (χ3v) is 1.81. The lowest BCUT2D eigenvalue weighted by atomic mass is 10.5. The van der Waals surface area contributed by atoms with Gasteiger partial charge in [0.15, 0.2) is 11.0 Å². The van der Waals surface area contributed by atoms with Crippen LogP contribution < -0.4 is 5.32 Å². The second kappa shape index (κ2) is 4.18. The molecule has 0 atom stereocenters. The van der Waals surface area contributed by atoms with Crippen molar-refractivity contribution in [2.24, 2.45) is 7.05 Å². The van der Waals surface area contributed by atoms with Crippen molar-refractivity contribution in [1.29, 1.82) is 0 Å². The molecule has 0 unspecified atom stereocenters. The van der Waals surface area contributed by atoms with Crippen LogP contribution in [0.1, 0.15) is 5.82 Å². The van der Waals surface area contributed by atoms with Crippen molar-refractivity contribution in [2.75, 3.05) is 5.32 Å². The summed E-state index contributed by atoms with van der Waals surface area (Å²) in [6.45, 7) is 0.449. The maximum atomic E-state index is 5.59. The van der Waals surface area contributed by atoms with Crippen molar-refractivity contribution >= 4 is 17.4 Å². The lowest BCUT2D eigenvalue weighted by Gasteiger charge is -2.00. The zero-order valence-electron chi connectivity index (χ0n) is 7.92. The third-order valence-electron chi connectivity index (χ3n) is 1.61. The van der Waals surface area contributed by atoms with E-state index < -0.39 is 0 Å². The predicted molar refractivity (Wildman–Crippen MR) is 53.2 cm³/mol. The van der Waals surface area contributed by atoms with Crippen LogP contribution in [-0.2, 0) is 13.6 Å². The van der Waals surface area contributed by atoms with Crippen LogP contribution in [0, 0.1) is 0 Å². The molecule has 8 heteroatoms. The van der Waals surface area contributed by atoms with Crippen LogP contribution in [0.25, 0.3) is 0 Å². The number of nitrogens with zero attached hydrogens (tertiary/aromatic N) is 6. The van der Waals surface area contributed by atoms with Gasteiger partial charge in [0.05, 0.1) is 13.6 Å². The minimum Gasteiger partial charge on any atom is -0.361 e. The Kier molecular flexibility index (Phi) is 2.72. The van der Waals surface area contributed by atoms with E-state index in [2.05, 4.69) is 30.9 Å². The molecular formula is C7H8ClN7. The number of halogens is 1. The molecule has 2 heterocycles. The Bertz CT molecular complexity index is 437. The minimum absolute atomic E-state index is 0.359. The highest BCUT2D eigenvalue weighted by Gasteiger charge is 2.00. The van der Waals surface area contributed by atoms with Crippen molar-refractivity contribution in [3.63, 3.8) is 0 Å². The van der Waals surface area contributed by atoms with Gasteiger partial charge in [-0.15, -0.1) is 20.4 Å². The van der Waals surface area contributed by atoms with E-state index >= 15 is 0 Å². The summed E-state index contributed by atoms with van der Waals surface area (Å²) in [5, 5.41) is 22.4. The Hall–Kier alpha value is -1.76. The van der Waals surface area contributed by atoms with Gasteiger partial charge in [-0.05, 0) is 17.3 Å². The molecule has 0 aliphatic carbocycles. The molecule has 0 fully saturated rings. The summed E-state index contributed by atoms with van der Waals surface area (Å²) < 4.78 is 0. The molecule has 2 rings (SSSR count). The van der Waals surface area contributed by atoms with Gasteiger partial charge in [-0.25, -0.2) is 0 Å². The van der Waals surface area contributed by atoms with Gasteiger partial charge in [-0.2, -0.15) is 4.80 Å². The van der Waals surface area contributed by atoms with E-state index in [9.17, 15) is 0 Å². The van der Waals surface area contributed by atoms with Crippen LogP contribution in [0.4, 0.5) is 5.82 Å².